The van der Waals surface area contributed by atoms with E-state index in [1.807, 2.05) is 0 Å². The predicted molar refractivity (Wildman–Crippen MR) is 71.2 cm³/mol. The Bertz CT molecular complexity index is 473. The van der Waals surface area contributed by atoms with Crippen LogP contribution in [0.3, 0.4) is 0 Å². The van der Waals surface area contributed by atoms with E-state index in [4.69, 9.17) is 4.74 Å². The van der Waals surface area contributed by atoms with Gasteiger partial charge in [-0.2, -0.15) is 13.2 Å². The van der Waals surface area contributed by atoms with Crippen molar-refractivity contribution in [3.8, 4) is 5.75 Å². The summed E-state index contributed by atoms with van der Waals surface area (Å²) in [5, 5.41) is 2.23. The van der Waals surface area contributed by atoms with Gasteiger partial charge in [0.05, 0.1) is 20.8 Å². The molecule has 1 atom stereocenters. The minimum Gasteiger partial charge on any atom is -0.497 e. The van der Waals surface area contributed by atoms with Crippen LogP contribution in [0.5, 0.6) is 5.75 Å². The topological polar surface area (TPSA) is 47.6 Å². The molecule has 21 heavy (non-hydrogen) atoms. The van der Waals surface area contributed by atoms with Gasteiger partial charge in [-0.05, 0) is 24.6 Å². The zero-order valence-electron chi connectivity index (χ0n) is 12.1. The van der Waals surface area contributed by atoms with Crippen molar-refractivity contribution < 1.29 is 27.4 Å². The van der Waals surface area contributed by atoms with E-state index in [0.717, 1.165) is 7.11 Å². The molecule has 0 aliphatic carbocycles. The first-order valence-corrected chi connectivity index (χ1v) is 6.23. The summed E-state index contributed by atoms with van der Waals surface area (Å²) in [7, 11) is 2.66. The Labute approximate surface area is 121 Å². The zero-order chi connectivity index (χ0) is 16.1. The van der Waals surface area contributed by atoms with Crippen molar-refractivity contribution in [2.45, 2.75) is 25.1 Å². The lowest BCUT2D eigenvalue weighted by Gasteiger charge is -2.28. The summed E-state index contributed by atoms with van der Waals surface area (Å²) in [6, 6.07) is 6.73. The van der Waals surface area contributed by atoms with Crippen LogP contribution in [-0.4, -0.2) is 38.4 Å². The zero-order valence-corrected chi connectivity index (χ0v) is 12.1. The van der Waals surface area contributed by atoms with Crippen LogP contribution >= 0.6 is 0 Å². The van der Waals surface area contributed by atoms with E-state index in [1.54, 1.807) is 24.3 Å². The first-order chi connectivity index (χ1) is 9.70. The smallest absolute Gasteiger partial charge is 0.401 e. The minimum absolute atomic E-state index is 0.0692. The Balaban J connectivity index is 2.88. The third kappa shape index (κ3) is 5.26. The SMILES string of the molecule is COC(=O)C(C)(Cc1ccc(OC)cc1)NCC(F)(F)F. The summed E-state index contributed by atoms with van der Waals surface area (Å²) in [6.07, 6.45) is -4.34. The monoisotopic (exact) mass is 305 g/mol. The van der Waals surface area contributed by atoms with Crippen LogP contribution in [0.1, 0.15) is 12.5 Å². The molecule has 1 N–H and O–H groups in total. The summed E-state index contributed by atoms with van der Waals surface area (Å²) in [4.78, 5) is 11.8. The van der Waals surface area contributed by atoms with Gasteiger partial charge in [-0.25, -0.2) is 0 Å². The molecule has 0 saturated heterocycles. The van der Waals surface area contributed by atoms with Crippen molar-refractivity contribution in [1.29, 1.82) is 0 Å². The molecule has 118 valence electrons. The molecule has 0 fully saturated rings. The van der Waals surface area contributed by atoms with Gasteiger partial charge in [0.25, 0.3) is 0 Å². The number of hydrogen-bond donors (Lipinski definition) is 1. The van der Waals surface area contributed by atoms with Crippen LogP contribution in [0.25, 0.3) is 0 Å². The standard InChI is InChI=1S/C14H18F3NO3/c1-13(12(19)21-3,18-9-14(15,16)17)8-10-4-6-11(20-2)7-5-10/h4-7,18H,8-9H2,1-3H3. The lowest BCUT2D eigenvalue weighted by atomic mass is 9.92. The molecular formula is C14H18F3NO3. The average Bonchev–Trinajstić information content (AvgIpc) is 2.44. The first kappa shape index (κ1) is 17.3. The Morgan fingerprint density at radius 2 is 1.76 bits per heavy atom. The highest BCUT2D eigenvalue weighted by atomic mass is 19.4. The van der Waals surface area contributed by atoms with Crippen LogP contribution in [0.15, 0.2) is 24.3 Å². The summed E-state index contributed by atoms with van der Waals surface area (Å²) in [6.45, 7) is 0.115. The number of benzene rings is 1. The number of carbonyl (C=O) groups is 1. The normalized spacial score (nSPS) is 14.4. The Kier molecular flexibility index (Phi) is 5.60. The maximum Gasteiger partial charge on any atom is 0.401 e. The molecule has 1 aromatic rings. The van der Waals surface area contributed by atoms with Crippen LogP contribution in [0.2, 0.25) is 0 Å². The third-order valence-electron chi connectivity index (χ3n) is 3.03. The molecule has 0 aliphatic rings. The average molecular weight is 305 g/mol. The second-order valence-corrected chi connectivity index (χ2v) is 4.82. The Morgan fingerprint density at radius 3 is 2.19 bits per heavy atom. The molecule has 0 spiro atoms. The van der Waals surface area contributed by atoms with Crippen LogP contribution in [0.4, 0.5) is 13.2 Å². The number of esters is 1. The summed E-state index contributed by atoms with van der Waals surface area (Å²) in [5.74, 6) is -0.121. The molecule has 7 heteroatoms. The number of halogens is 3. The van der Waals surface area contributed by atoms with Gasteiger partial charge in [0.1, 0.15) is 11.3 Å². The van der Waals surface area contributed by atoms with Crippen molar-refractivity contribution in [1.82, 2.24) is 5.32 Å². The van der Waals surface area contributed by atoms with Gasteiger partial charge >= 0.3 is 12.1 Å². The van der Waals surface area contributed by atoms with Gasteiger partial charge in [-0.3, -0.25) is 10.1 Å². The number of carbonyl (C=O) groups excluding carboxylic acids is 1. The second-order valence-electron chi connectivity index (χ2n) is 4.82. The van der Waals surface area contributed by atoms with E-state index >= 15 is 0 Å². The molecule has 0 aromatic heterocycles. The predicted octanol–water partition coefficient (Wildman–Crippen LogP) is 2.32. The fourth-order valence-corrected chi connectivity index (χ4v) is 1.88. The molecule has 0 radical (unpaired) electrons. The summed E-state index contributed by atoms with van der Waals surface area (Å²) >= 11 is 0. The molecule has 0 saturated carbocycles. The second kappa shape index (κ2) is 6.80. The number of alkyl halides is 3. The maximum absolute atomic E-state index is 12.4. The van der Waals surface area contributed by atoms with E-state index < -0.39 is 24.2 Å². The first-order valence-electron chi connectivity index (χ1n) is 6.23. The van der Waals surface area contributed by atoms with Crippen LogP contribution < -0.4 is 10.1 Å². The van der Waals surface area contributed by atoms with Gasteiger partial charge < -0.3 is 9.47 Å². The Hall–Kier alpha value is -1.76. The van der Waals surface area contributed by atoms with Crippen molar-refractivity contribution in [3.05, 3.63) is 29.8 Å². The fourth-order valence-electron chi connectivity index (χ4n) is 1.88. The number of rotatable bonds is 6. The van der Waals surface area contributed by atoms with Crippen molar-refractivity contribution >= 4 is 5.97 Å². The number of ether oxygens (including phenoxy) is 2. The molecule has 0 aliphatic heterocycles. The van der Waals surface area contributed by atoms with Crippen molar-refractivity contribution in [2.75, 3.05) is 20.8 Å². The van der Waals surface area contributed by atoms with E-state index in [9.17, 15) is 18.0 Å². The number of methoxy groups -OCH3 is 2. The quantitative estimate of drug-likeness (QED) is 0.820. The lowest BCUT2D eigenvalue weighted by Crippen LogP contribution is -2.54. The maximum atomic E-state index is 12.4. The van der Waals surface area contributed by atoms with Gasteiger partial charge in [0.15, 0.2) is 0 Å². The molecule has 4 nitrogen and oxygen atoms in total. The highest BCUT2D eigenvalue weighted by Gasteiger charge is 2.38. The van der Waals surface area contributed by atoms with Gasteiger partial charge in [-0.15, -0.1) is 0 Å². The molecular weight excluding hydrogens is 287 g/mol. The van der Waals surface area contributed by atoms with E-state index in [1.165, 1.54) is 14.0 Å². The molecule has 0 bridgehead atoms. The molecule has 1 rings (SSSR count). The van der Waals surface area contributed by atoms with Gasteiger partial charge in [0, 0.05) is 6.42 Å². The van der Waals surface area contributed by atoms with Gasteiger partial charge in [-0.1, -0.05) is 12.1 Å². The van der Waals surface area contributed by atoms with Crippen molar-refractivity contribution in [3.63, 3.8) is 0 Å². The van der Waals surface area contributed by atoms with Crippen LogP contribution in [-0.2, 0) is 16.0 Å². The van der Waals surface area contributed by atoms with E-state index in [2.05, 4.69) is 10.1 Å². The van der Waals surface area contributed by atoms with Crippen LogP contribution in [0, 0.1) is 0 Å². The van der Waals surface area contributed by atoms with Crippen molar-refractivity contribution in [2.24, 2.45) is 0 Å². The molecule has 0 amide bonds. The largest absolute Gasteiger partial charge is 0.497 e. The summed E-state index contributed by atoms with van der Waals surface area (Å²) < 4.78 is 46.7. The highest BCUT2D eigenvalue weighted by molar-refractivity contribution is 5.80. The minimum atomic E-state index is -4.41. The Morgan fingerprint density at radius 1 is 1.19 bits per heavy atom. The number of hydrogen-bond acceptors (Lipinski definition) is 4. The highest BCUT2D eigenvalue weighted by Crippen LogP contribution is 2.20. The molecule has 1 aromatic carbocycles. The fraction of sp³-hybridized carbons (Fsp3) is 0.500. The molecule has 1 unspecified atom stereocenters. The summed E-state index contributed by atoms with van der Waals surface area (Å²) in [5.41, 5.74) is -0.767. The van der Waals surface area contributed by atoms with E-state index in [-0.39, 0.29) is 6.42 Å². The third-order valence-corrected chi connectivity index (χ3v) is 3.03. The number of nitrogens with one attached hydrogen (secondary N) is 1. The van der Waals surface area contributed by atoms with Gasteiger partial charge in [0.2, 0.25) is 0 Å². The van der Waals surface area contributed by atoms with E-state index in [0.29, 0.717) is 11.3 Å². The lowest BCUT2D eigenvalue weighted by molar-refractivity contribution is -0.152. The molecule has 0 heterocycles.